The fourth-order valence-electron chi connectivity index (χ4n) is 3.15. The first-order chi connectivity index (χ1) is 14.5. The monoisotopic (exact) mass is 413 g/mol. The molecule has 0 spiro atoms. The maximum Gasteiger partial charge on any atom is 0.261 e. The number of hydrogen-bond donors (Lipinski definition) is 1. The molecule has 2 rings (SSSR count). The Morgan fingerprint density at radius 1 is 1.00 bits per heavy atom. The van der Waals surface area contributed by atoms with Gasteiger partial charge in [-0.1, -0.05) is 52.0 Å². The minimum absolute atomic E-state index is 0.123. The van der Waals surface area contributed by atoms with E-state index in [1.807, 2.05) is 43.3 Å². The van der Waals surface area contributed by atoms with Gasteiger partial charge in [0.15, 0.2) is 17.6 Å². The highest BCUT2D eigenvalue weighted by Gasteiger charge is 2.20. The van der Waals surface area contributed by atoms with E-state index in [1.54, 1.807) is 7.11 Å². The van der Waals surface area contributed by atoms with Gasteiger partial charge >= 0.3 is 0 Å². The molecule has 0 radical (unpaired) electrons. The van der Waals surface area contributed by atoms with E-state index in [-0.39, 0.29) is 5.91 Å². The van der Waals surface area contributed by atoms with Crippen molar-refractivity contribution in [3.05, 3.63) is 53.6 Å². The van der Waals surface area contributed by atoms with Gasteiger partial charge in [0.1, 0.15) is 5.75 Å². The van der Waals surface area contributed by atoms with Crippen LogP contribution in [0.3, 0.4) is 0 Å². The van der Waals surface area contributed by atoms with Gasteiger partial charge in [-0.05, 0) is 54.5 Å². The van der Waals surface area contributed by atoms with E-state index >= 15 is 0 Å². The Morgan fingerprint density at radius 3 is 2.43 bits per heavy atom. The van der Waals surface area contributed by atoms with Crippen molar-refractivity contribution in [3.8, 4) is 17.2 Å². The summed E-state index contributed by atoms with van der Waals surface area (Å²) in [6, 6.07) is 13.7. The number of hydrogen-bond acceptors (Lipinski definition) is 4. The second-order valence-electron chi connectivity index (χ2n) is 7.41. The predicted molar refractivity (Wildman–Crippen MR) is 120 cm³/mol. The molecule has 0 aliphatic rings. The van der Waals surface area contributed by atoms with Crippen molar-refractivity contribution in [3.63, 3.8) is 0 Å². The molecular weight excluding hydrogens is 378 g/mol. The molecule has 5 nitrogen and oxygen atoms in total. The number of ether oxygens (including phenoxy) is 3. The molecule has 0 bridgehead atoms. The molecule has 5 heteroatoms. The number of methoxy groups -OCH3 is 1. The van der Waals surface area contributed by atoms with E-state index in [9.17, 15) is 4.79 Å². The lowest BCUT2D eigenvalue weighted by atomic mass is 9.98. The maximum atomic E-state index is 12.8. The average molecular weight is 414 g/mol. The van der Waals surface area contributed by atoms with Crippen LogP contribution in [0, 0.1) is 0 Å². The van der Waals surface area contributed by atoms with Gasteiger partial charge in [0.05, 0.1) is 13.7 Å². The minimum Gasteiger partial charge on any atom is -0.493 e. The van der Waals surface area contributed by atoms with Crippen LogP contribution in [0.25, 0.3) is 0 Å². The van der Waals surface area contributed by atoms with E-state index in [1.165, 1.54) is 0 Å². The summed E-state index contributed by atoms with van der Waals surface area (Å²) in [6.45, 7) is 9.38. The van der Waals surface area contributed by atoms with Gasteiger partial charge < -0.3 is 19.5 Å². The van der Waals surface area contributed by atoms with E-state index in [4.69, 9.17) is 14.2 Å². The number of nitrogens with one attached hydrogen (secondary N) is 1. The Hall–Kier alpha value is -2.69. The summed E-state index contributed by atoms with van der Waals surface area (Å²) in [7, 11) is 1.62. The third-order valence-electron chi connectivity index (χ3n) is 5.15. The standard InChI is InChI=1S/C25H35NO4/c1-6-15-29-23-14-13-19(16-24(23)28-5)17-26-25(27)21(8-3)30-22-12-10-9-11-20(22)18(4)7-2/h9-14,16,18,21H,6-8,15,17H2,1-5H3,(H,26,27). The fourth-order valence-corrected chi connectivity index (χ4v) is 3.15. The first-order valence-corrected chi connectivity index (χ1v) is 10.9. The predicted octanol–water partition coefficient (Wildman–Crippen LogP) is 5.47. The van der Waals surface area contributed by atoms with Crippen molar-refractivity contribution in [1.29, 1.82) is 0 Å². The van der Waals surface area contributed by atoms with Gasteiger partial charge in [0.25, 0.3) is 5.91 Å². The lowest BCUT2D eigenvalue weighted by molar-refractivity contribution is -0.128. The molecule has 0 heterocycles. The zero-order valence-corrected chi connectivity index (χ0v) is 18.9. The third-order valence-corrected chi connectivity index (χ3v) is 5.15. The number of carbonyl (C=O) groups is 1. The van der Waals surface area contributed by atoms with Crippen LogP contribution in [0.1, 0.15) is 64.0 Å². The Bertz CT molecular complexity index is 805. The summed E-state index contributed by atoms with van der Waals surface area (Å²) in [6.07, 6.45) is 2.00. The highest BCUT2D eigenvalue weighted by atomic mass is 16.5. The van der Waals surface area contributed by atoms with Crippen LogP contribution in [-0.2, 0) is 11.3 Å². The zero-order valence-electron chi connectivity index (χ0n) is 18.9. The number of rotatable bonds is 12. The van der Waals surface area contributed by atoms with Gasteiger partial charge in [0.2, 0.25) is 0 Å². The first-order valence-electron chi connectivity index (χ1n) is 10.9. The van der Waals surface area contributed by atoms with E-state index in [2.05, 4.69) is 32.2 Å². The number of amides is 1. The van der Waals surface area contributed by atoms with Crippen LogP contribution in [-0.4, -0.2) is 25.7 Å². The molecule has 0 saturated heterocycles. The topological polar surface area (TPSA) is 56.8 Å². The molecule has 30 heavy (non-hydrogen) atoms. The summed E-state index contributed by atoms with van der Waals surface area (Å²) in [5.74, 6) is 2.42. The summed E-state index contributed by atoms with van der Waals surface area (Å²) >= 11 is 0. The van der Waals surface area contributed by atoms with Crippen molar-refractivity contribution in [2.75, 3.05) is 13.7 Å². The molecule has 2 atom stereocenters. The Morgan fingerprint density at radius 2 is 1.77 bits per heavy atom. The highest BCUT2D eigenvalue weighted by Crippen LogP contribution is 2.30. The van der Waals surface area contributed by atoms with Gasteiger partial charge in [-0.3, -0.25) is 4.79 Å². The minimum atomic E-state index is -0.538. The Balaban J connectivity index is 2.03. The van der Waals surface area contributed by atoms with Gasteiger partial charge in [-0.15, -0.1) is 0 Å². The summed E-state index contributed by atoms with van der Waals surface area (Å²) < 4.78 is 17.2. The van der Waals surface area contributed by atoms with Crippen LogP contribution in [0.2, 0.25) is 0 Å². The maximum absolute atomic E-state index is 12.8. The lowest BCUT2D eigenvalue weighted by Gasteiger charge is -2.21. The van der Waals surface area contributed by atoms with Crippen molar-refractivity contribution in [2.45, 2.75) is 65.5 Å². The van der Waals surface area contributed by atoms with E-state index in [0.717, 1.165) is 29.7 Å². The van der Waals surface area contributed by atoms with E-state index in [0.29, 0.717) is 37.0 Å². The average Bonchev–Trinajstić information content (AvgIpc) is 2.79. The molecule has 2 aromatic rings. The van der Waals surface area contributed by atoms with Crippen molar-refractivity contribution in [1.82, 2.24) is 5.32 Å². The van der Waals surface area contributed by atoms with Gasteiger partial charge in [0, 0.05) is 6.54 Å². The quantitative estimate of drug-likeness (QED) is 0.501. The smallest absolute Gasteiger partial charge is 0.261 e. The van der Waals surface area contributed by atoms with Crippen LogP contribution in [0.15, 0.2) is 42.5 Å². The molecular formula is C25H35NO4. The molecule has 2 aromatic carbocycles. The van der Waals surface area contributed by atoms with Crippen molar-refractivity contribution < 1.29 is 19.0 Å². The second kappa shape index (κ2) is 12.1. The molecule has 1 amide bonds. The Labute approximate surface area is 180 Å². The first kappa shape index (κ1) is 23.6. The zero-order chi connectivity index (χ0) is 21.9. The highest BCUT2D eigenvalue weighted by molar-refractivity contribution is 5.81. The van der Waals surface area contributed by atoms with Crippen LogP contribution in [0.5, 0.6) is 17.2 Å². The molecule has 0 aliphatic heterocycles. The van der Waals surface area contributed by atoms with Crippen LogP contribution >= 0.6 is 0 Å². The fraction of sp³-hybridized carbons (Fsp3) is 0.480. The van der Waals surface area contributed by atoms with Crippen LogP contribution in [0.4, 0.5) is 0 Å². The van der Waals surface area contributed by atoms with E-state index < -0.39 is 6.10 Å². The lowest BCUT2D eigenvalue weighted by Crippen LogP contribution is -2.37. The molecule has 0 fully saturated rings. The van der Waals surface area contributed by atoms with Crippen LogP contribution < -0.4 is 19.5 Å². The number of para-hydroxylation sites is 1. The molecule has 0 aromatic heterocycles. The molecule has 0 aliphatic carbocycles. The number of carbonyl (C=O) groups excluding carboxylic acids is 1. The molecule has 1 N–H and O–H groups in total. The SMILES string of the molecule is CCCOc1ccc(CNC(=O)C(CC)Oc2ccccc2C(C)CC)cc1OC. The van der Waals surface area contributed by atoms with Gasteiger partial charge in [-0.25, -0.2) is 0 Å². The van der Waals surface area contributed by atoms with Crippen molar-refractivity contribution >= 4 is 5.91 Å². The number of benzene rings is 2. The second-order valence-corrected chi connectivity index (χ2v) is 7.41. The summed E-state index contributed by atoms with van der Waals surface area (Å²) in [4.78, 5) is 12.8. The molecule has 164 valence electrons. The summed E-state index contributed by atoms with van der Waals surface area (Å²) in [5.41, 5.74) is 2.08. The third kappa shape index (κ3) is 6.41. The van der Waals surface area contributed by atoms with Gasteiger partial charge in [-0.2, -0.15) is 0 Å². The Kier molecular flexibility index (Phi) is 9.52. The largest absolute Gasteiger partial charge is 0.493 e. The molecule has 0 saturated carbocycles. The summed E-state index contributed by atoms with van der Waals surface area (Å²) in [5, 5.41) is 2.99. The molecule has 2 unspecified atom stereocenters. The van der Waals surface area contributed by atoms with Crippen molar-refractivity contribution in [2.24, 2.45) is 0 Å². The normalized spacial score (nSPS) is 12.7.